The Bertz CT molecular complexity index is 947. The van der Waals surface area contributed by atoms with Gasteiger partial charge >= 0.3 is 6.03 Å². The first-order valence-electron chi connectivity index (χ1n) is 10.6. The van der Waals surface area contributed by atoms with E-state index in [1.807, 2.05) is 44.3 Å². The molecule has 1 atom stereocenters. The third-order valence-electron chi connectivity index (χ3n) is 6.48. The van der Waals surface area contributed by atoms with E-state index < -0.39 is 0 Å². The van der Waals surface area contributed by atoms with Crippen LogP contribution in [0.2, 0.25) is 0 Å². The van der Waals surface area contributed by atoms with Gasteiger partial charge in [-0.15, -0.1) is 0 Å². The highest BCUT2D eigenvalue weighted by molar-refractivity contribution is 5.74. The summed E-state index contributed by atoms with van der Waals surface area (Å²) < 4.78 is 1.72. The van der Waals surface area contributed by atoms with Crippen molar-refractivity contribution < 1.29 is 4.79 Å². The minimum Gasteiger partial charge on any atom is -0.337 e. The molecule has 1 fully saturated rings. The number of nitrogens with zero attached hydrogens (tertiary/aromatic N) is 4. The SMILES string of the molecule is CC(c1ccc(-n2cncn2)cc1)N(C)C(=O)NCC1(c2ccccc2)CCCC1. The van der Waals surface area contributed by atoms with Crippen molar-refractivity contribution in [3.05, 3.63) is 78.4 Å². The monoisotopic (exact) mass is 403 g/mol. The van der Waals surface area contributed by atoms with Crippen molar-refractivity contribution in [2.24, 2.45) is 0 Å². The lowest BCUT2D eigenvalue weighted by Gasteiger charge is -2.32. The van der Waals surface area contributed by atoms with Crippen LogP contribution in [0.3, 0.4) is 0 Å². The molecule has 0 aliphatic heterocycles. The van der Waals surface area contributed by atoms with Gasteiger partial charge < -0.3 is 10.2 Å². The van der Waals surface area contributed by atoms with Crippen LogP contribution in [0.15, 0.2) is 67.3 Å². The maximum atomic E-state index is 12.9. The summed E-state index contributed by atoms with van der Waals surface area (Å²) in [4.78, 5) is 18.7. The van der Waals surface area contributed by atoms with Crippen LogP contribution < -0.4 is 5.32 Å². The molecular formula is C24H29N5O. The maximum absolute atomic E-state index is 12.9. The second-order valence-corrected chi connectivity index (χ2v) is 8.23. The first-order valence-corrected chi connectivity index (χ1v) is 10.6. The van der Waals surface area contributed by atoms with Gasteiger partial charge in [-0.05, 0) is 43.0 Å². The van der Waals surface area contributed by atoms with E-state index in [4.69, 9.17) is 0 Å². The molecule has 3 aromatic rings. The van der Waals surface area contributed by atoms with Crippen LogP contribution >= 0.6 is 0 Å². The Morgan fingerprint density at radius 1 is 1.13 bits per heavy atom. The van der Waals surface area contributed by atoms with Crippen LogP contribution in [0, 0.1) is 0 Å². The van der Waals surface area contributed by atoms with Crippen molar-refractivity contribution in [2.75, 3.05) is 13.6 Å². The molecule has 0 radical (unpaired) electrons. The number of carbonyl (C=O) groups excluding carboxylic acids is 1. The fourth-order valence-corrected chi connectivity index (χ4v) is 4.43. The maximum Gasteiger partial charge on any atom is 0.317 e. The molecule has 1 unspecified atom stereocenters. The van der Waals surface area contributed by atoms with E-state index in [1.54, 1.807) is 15.9 Å². The summed E-state index contributed by atoms with van der Waals surface area (Å²) >= 11 is 0. The van der Waals surface area contributed by atoms with Gasteiger partial charge in [-0.1, -0.05) is 55.3 Å². The predicted molar refractivity (Wildman–Crippen MR) is 118 cm³/mol. The zero-order chi connectivity index (χ0) is 21.0. The van der Waals surface area contributed by atoms with E-state index in [1.165, 1.54) is 24.7 Å². The first-order chi connectivity index (χ1) is 14.6. The van der Waals surface area contributed by atoms with Gasteiger partial charge in [-0.25, -0.2) is 14.5 Å². The zero-order valence-electron chi connectivity index (χ0n) is 17.7. The van der Waals surface area contributed by atoms with E-state index >= 15 is 0 Å². The fraction of sp³-hybridized carbons (Fsp3) is 0.375. The highest BCUT2D eigenvalue weighted by Gasteiger charge is 2.36. The number of amides is 2. The lowest BCUT2D eigenvalue weighted by Crippen LogP contribution is -2.45. The van der Waals surface area contributed by atoms with Crippen molar-refractivity contribution in [1.29, 1.82) is 0 Å². The molecule has 1 aromatic heterocycles. The van der Waals surface area contributed by atoms with Gasteiger partial charge in [0.2, 0.25) is 0 Å². The van der Waals surface area contributed by atoms with Gasteiger partial charge in [0.15, 0.2) is 0 Å². The molecule has 0 saturated heterocycles. The molecule has 1 aliphatic rings. The number of nitrogens with one attached hydrogen (secondary N) is 1. The van der Waals surface area contributed by atoms with Crippen molar-refractivity contribution in [3.63, 3.8) is 0 Å². The van der Waals surface area contributed by atoms with Crippen molar-refractivity contribution in [1.82, 2.24) is 25.0 Å². The normalized spacial score (nSPS) is 16.2. The standard InChI is InChI=1S/C24H29N5O/c1-19(20-10-12-22(13-11-20)29-18-25-17-27-29)28(2)23(30)26-16-24(14-6-7-15-24)21-8-4-3-5-9-21/h3-5,8-13,17-19H,6-7,14-16H2,1-2H3,(H,26,30). The van der Waals surface area contributed by atoms with Gasteiger partial charge in [-0.3, -0.25) is 0 Å². The fourth-order valence-electron chi connectivity index (χ4n) is 4.43. The van der Waals surface area contributed by atoms with E-state index in [2.05, 4.69) is 39.7 Å². The molecule has 6 heteroatoms. The van der Waals surface area contributed by atoms with E-state index in [0.717, 1.165) is 24.1 Å². The van der Waals surface area contributed by atoms with Crippen LogP contribution in [0.5, 0.6) is 0 Å². The molecule has 4 rings (SSSR count). The Hall–Kier alpha value is -3.15. The van der Waals surface area contributed by atoms with Gasteiger partial charge in [0, 0.05) is 19.0 Å². The summed E-state index contributed by atoms with van der Waals surface area (Å²) in [6.45, 7) is 2.73. The average molecular weight is 404 g/mol. The van der Waals surface area contributed by atoms with Crippen molar-refractivity contribution in [3.8, 4) is 5.69 Å². The Morgan fingerprint density at radius 2 is 1.83 bits per heavy atom. The van der Waals surface area contributed by atoms with Gasteiger partial charge in [0.1, 0.15) is 12.7 Å². The molecule has 2 amide bonds. The summed E-state index contributed by atoms with van der Waals surface area (Å²) in [6, 6.07) is 18.6. The first kappa shape index (κ1) is 20.1. The highest BCUT2D eigenvalue weighted by atomic mass is 16.2. The zero-order valence-corrected chi connectivity index (χ0v) is 17.7. The van der Waals surface area contributed by atoms with Crippen LogP contribution in [0.25, 0.3) is 5.69 Å². The summed E-state index contributed by atoms with van der Waals surface area (Å²) in [5.74, 6) is 0. The number of rotatable bonds is 6. The third kappa shape index (κ3) is 4.08. The molecule has 30 heavy (non-hydrogen) atoms. The van der Waals surface area contributed by atoms with E-state index in [0.29, 0.717) is 6.54 Å². The summed E-state index contributed by atoms with van der Waals surface area (Å²) in [5, 5.41) is 7.36. The molecular weight excluding hydrogens is 374 g/mol. The van der Waals surface area contributed by atoms with Crippen LogP contribution in [-0.4, -0.2) is 39.3 Å². The second-order valence-electron chi connectivity index (χ2n) is 8.23. The molecule has 1 heterocycles. The highest BCUT2D eigenvalue weighted by Crippen LogP contribution is 2.40. The number of carbonyl (C=O) groups is 1. The molecule has 0 bridgehead atoms. The number of benzene rings is 2. The van der Waals surface area contributed by atoms with Crippen LogP contribution in [0.1, 0.15) is 49.8 Å². The Kier molecular flexibility index (Phi) is 5.84. The number of hydrogen-bond acceptors (Lipinski definition) is 3. The summed E-state index contributed by atoms with van der Waals surface area (Å²) in [5.41, 5.74) is 3.42. The van der Waals surface area contributed by atoms with Crippen molar-refractivity contribution >= 4 is 6.03 Å². The Labute approximate surface area is 177 Å². The molecule has 2 aromatic carbocycles. The largest absolute Gasteiger partial charge is 0.337 e. The minimum atomic E-state index is -0.0370. The van der Waals surface area contributed by atoms with Crippen LogP contribution in [-0.2, 0) is 5.41 Å². The molecule has 6 nitrogen and oxygen atoms in total. The number of hydrogen-bond donors (Lipinski definition) is 1. The molecule has 0 spiro atoms. The summed E-state index contributed by atoms with van der Waals surface area (Å²) in [7, 11) is 1.86. The predicted octanol–water partition coefficient (Wildman–Crippen LogP) is 4.48. The van der Waals surface area contributed by atoms with E-state index in [-0.39, 0.29) is 17.5 Å². The topological polar surface area (TPSA) is 63.1 Å². The van der Waals surface area contributed by atoms with Gasteiger partial charge in [0.25, 0.3) is 0 Å². The van der Waals surface area contributed by atoms with Gasteiger partial charge in [0.05, 0.1) is 11.7 Å². The molecule has 156 valence electrons. The molecule has 1 saturated carbocycles. The minimum absolute atomic E-state index is 0.0361. The molecule has 1 aliphatic carbocycles. The van der Waals surface area contributed by atoms with Gasteiger partial charge in [-0.2, -0.15) is 5.10 Å². The summed E-state index contributed by atoms with van der Waals surface area (Å²) in [6.07, 6.45) is 7.87. The quantitative estimate of drug-likeness (QED) is 0.660. The smallest absolute Gasteiger partial charge is 0.317 e. The Morgan fingerprint density at radius 3 is 2.47 bits per heavy atom. The average Bonchev–Trinajstić information content (AvgIpc) is 3.50. The Balaban J connectivity index is 1.40. The second kappa shape index (κ2) is 8.69. The number of urea groups is 1. The van der Waals surface area contributed by atoms with Crippen LogP contribution in [0.4, 0.5) is 4.79 Å². The van der Waals surface area contributed by atoms with E-state index in [9.17, 15) is 4.79 Å². The third-order valence-corrected chi connectivity index (χ3v) is 6.48. The lowest BCUT2D eigenvalue weighted by molar-refractivity contribution is 0.191. The van der Waals surface area contributed by atoms with Crippen molar-refractivity contribution in [2.45, 2.75) is 44.1 Å². The molecule has 1 N–H and O–H groups in total. The lowest BCUT2D eigenvalue weighted by atomic mass is 9.79. The number of aromatic nitrogens is 3.